The van der Waals surface area contributed by atoms with Crippen LogP contribution in [0, 0.1) is 0 Å². The van der Waals surface area contributed by atoms with Crippen molar-refractivity contribution in [3.63, 3.8) is 0 Å². The van der Waals surface area contributed by atoms with Crippen molar-refractivity contribution in [2.24, 2.45) is 0 Å². The lowest BCUT2D eigenvalue weighted by Gasteiger charge is -2.15. The minimum Gasteiger partial charge on any atom is -0.497 e. The average Bonchev–Trinajstić information content (AvgIpc) is 2.92. The Kier molecular flexibility index (Phi) is 8.58. The molecule has 1 aromatic heterocycles. The highest BCUT2D eigenvalue weighted by Gasteiger charge is 2.17. The van der Waals surface area contributed by atoms with Crippen LogP contribution < -0.4 is 25.1 Å². The predicted molar refractivity (Wildman–Crippen MR) is 147 cm³/mol. The number of nitrogens with one attached hydrogen (secondary N) is 1. The number of fused-ring (bicyclic) bond motifs is 1. The number of hydrogen-bond acceptors (Lipinski definition) is 7. The average molecular weight is 540 g/mol. The van der Waals surface area contributed by atoms with E-state index in [1.54, 1.807) is 48.1 Å². The van der Waals surface area contributed by atoms with Crippen LogP contribution in [0.3, 0.4) is 0 Å². The van der Waals surface area contributed by atoms with Crippen molar-refractivity contribution in [3.05, 3.63) is 81.6 Å². The van der Waals surface area contributed by atoms with Crippen molar-refractivity contribution in [1.82, 2.24) is 9.55 Å². The third-order valence-electron chi connectivity index (χ3n) is 5.67. The Labute approximate surface area is 223 Å². The summed E-state index contributed by atoms with van der Waals surface area (Å²) in [5, 5.41) is 4.34. The highest BCUT2D eigenvalue weighted by atomic mass is 35.5. The number of halogens is 1. The third kappa shape index (κ3) is 6.36. The first-order valence-corrected chi connectivity index (χ1v) is 12.8. The highest BCUT2D eigenvalue weighted by Crippen LogP contribution is 2.31. The minimum absolute atomic E-state index is 0.0677. The van der Waals surface area contributed by atoms with Crippen molar-refractivity contribution in [3.8, 4) is 17.2 Å². The number of aryl methyl sites for hydroxylation is 1. The van der Waals surface area contributed by atoms with Gasteiger partial charge in [-0.3, -0.25) is 14.2 Å². The van der Waals surface area contributed by atoms with Crippen LogP contribution in [-0.2, 0) is 17.8 Å². The molecular weight excluding hydrogens is 514 g/mol. The second-order valence-electron chi connectivity index (χ2n) is 8.02. The number of methoxy groups -OCH3 is 3. The van der Waals surface area contributed by atoms with Gasteiger partial charge in [-0.15, -0.1) is 0 Å². The molecule has 192 valence electrons. The number of carbonyl (C=O) groups is 1. The Morgan fingerprint density at radius 3 is 2.30 bits per heavy atom. The summed E-state index contributed by atoms with van der Waals surface area (Å²) in [7, 11) is 4.62. The van der Waals surface area contributed by atoms with Gasteiger partial charge in [0.2, 0.25) is 5.91 Å². The molecule has 0 aliphatic heterocycles. The molecule has 4 rings (SSSR count). The lowest BCUT2D eigenvalue weighted by molar-refractivity contribution is -0.113. The van der Waals surface area contributed by atoms with Crippen molar-refractivity contribution >= 4 is 45.9 Å². The smallest absolute Gasteiger partial charge is 0.262 e. The Morgan fingerprint density at radius 1 is 0.973 bits per heavy atom. The molecule has 0 bridgehead atoms. The number of thioether (sulfide) groups is 1. The normalized spacial score (nSPS) is 10.8. The number of hydrogen-bond donors (Lipinski definition) is 1. The molecule has 8 nitrogen and oxygen atoms in total. The van der Waals surface area contributed by atoms with E-state index < -0.39 is 0 Å². The summed E-state index contributed by atoms with van der Waals surface area (Å²) >= 11 is 7.20. The Balaban J connectivity index is 1.62. The first-order chi connectivity index (χ1) is 17.9. The molecule has 0 aliphatic carbocycles. The summed E-state index contributed by atoms with van der Waals surface area (Å²) in [6, 6.07) is 17.8. The van der Waals surface area contributed by atoms with E-state index in [2.05, 4.69) is 5.32 Å². The number of rotatable bonds is 10. The van der Waals surface area contributed by atoms with Crippen LogP contribution in [0.1, 0.15) is 5.56 Å². The molecule has 0 saturated carbocycles. The summed E-state index contributed by atoms with van der Waals surface area (Å²) in [6.45, 7) is 0.375. The molecule has 0 unspecified atom stereocenters. The number of carbonyl (C=O) groups excluding carboxylic acids is 1. The highest BCUT2D eigenvalue weighted by molar-refractivity contribution is 7.99. The van der Waals surface area contributed by atoms with Crippen LogP contribution in [-0.4, -0.2) is 42.5 Å². The summed E-state index contributed by atoms with van der Waals surface area (Å²) in [6.07, 6.45) is 0.586. The van der Waals surface area contributed by atoms with Crippen molar-refractivity contribution in [1.29, 1.82) is 0 Å². The van der Waals surface area contributed by atoms with Gasteiger partial charge in [0.1, 0.15) is 5.75 Å². The van der Waals surface area contributed by atoms with Gasteiger partial charge in [-0.2, -0.15) is 0 Å². The molecule has 10 heteroatoms. The summed E-state index contributed by atoms with van der Waals surface area (Å²) in [4.78, 5) is 31.0. The van der Waals surface area contributed by atoms with Gasteiger partial charge in [-0.1, -0.05) is 35.5 Å². The molecule has 0 spiro atoms. The van der Waals surface area contributed by atoms with E-state index >= 15 is 0 Å². The topological polar surface area (TPSA) is 91.7 Å². The van der Waals surface area contributed by atoms with Gasteiger partial charge in [0.25, 0.3) is 5.56 Å². The van der Waals surface area contributed by atoms with E-state index in [0.29, 0.717) is 57.0 Å². The first-order valence-electron chi connectivity index (χ1n) is 11.4. The molecule has 37 heavy (non-hydrogen) atoms. The fraction of sp³-hybridized carbons (Fsp3) is 0.222. The van der Waals surface area contributed by atoms with Crippen LogP contribution in [0.2, 0.25) is 5.02 Å². The second kappa shape index (κ2) is 12.0. The van der Waals surface area contributed by atoms with Gasteiger partial charge in [0, 0.05) is 23.3 Å². The Hall–Kier alpha value is -3.69. The quantitative estimate of drug-likeness (QED) is 0.223. The van der Waals surface area contributed by atoms with Gasteiger partial charge in [0.05, 0.1) is 38.0 Å². The molecule has 0 fully saturated rings. The Bertz CT molecular complexity index is 1460. The van der Waals surface area contributed by atoms with E-state index in [4.69, 9.17) is 30.8 Å². The Morgan fingerprint density at radius 2 is 1.65 bits per heavy atom. The maximum Gasteiger partial charge on any atom is 0.262 e. The number of aromatic nitrogens is 2. The molecule has 1 heterocycles. The van der Waals surface area contributed by atoms with Crippen molar-refractivity contribution in [2.45, 2.75) is 18.1 Å². The molecule has 0 saturated heterocycles. The van der Waals surface area contributed by atoms with Gasteiger partial charge < -0.3 is 19.5 Å². The number of benzene rings is 3. The third-order valence-corrected chi connectivity index (χ3v) is 6.90. The number of amides is 1. The molecule has 1 amide bonds. The maximum absolute atomic E-state index is 13.6. The second-order valence-corrected chi connectivity index (χ2v) is 9.40. The number of anilines is 1. The van der Waals surface area contributed by atoms with Gasteiger partial charge in [0.15, 0.2) is 16.7 Å². The standard InChI is InChI=1S/C27H26ClN3O5S/c1-34-20-10-8-19(9-11-20)29-25(32)16-37-27-30-22-15-24(36-3)23(35-2)14-21(22)26(33)31(27)13-12-17-4-6-18(28)7-5-17/h4-11,14-15H,12-13,16H2,1-3H3,(H,29,32). The fourth-order valence-electron chi connectivity index (χ4n) is 3.73. The SMILES string of the molecule is COc1ccc(NC(=O)CSc2nc3cc(OC)c(OC)cc3c(=O)n2CCc2ccc(Cl)cc2)cc1. The van der Waals surface area contributed by atoms with E-state index in [-0.39, 0.29) is 17.2 Å². The monoisotopic (exact) mass is 539 g/mol. The predicted octanol–water partition coefficient (Wildman–Crippen LogP) is 5.05. The van der Waals surface area contributed by atoms with Gasteiger partial charge >= 0.3 is 0 Å². The minimum atomic E-state index is -0.224. The lowest BCUT2D eigenvalue weighted by Crippen LogP contribution is -2.25. The maximum atomic E-state index is 13.6. The molecule has 0 radical (unpaired) electrons. The van der Waals surface area contributed by atoms with Crippen LogP contribution in [0.4, 0.5) is 5.69 Å². The summed E-state index contributed by atoms with van der Waals surface area (Å²) < 4.78 is 17.5. The zero-order valence-electron chi connectivity index (χ0n) is 20.6. The van der Waals surface area contributed by atoms with Crippen molar-refractivity contribution < 1.29 is 19.0 Å². The molecule has 0 aliphatic rings. The summed E-state index contributed by atoms with van der Waals surface area (Å²) in [5.41, 5.74) is 1.91. The van der Waals surface area contributed by atoms with E-state index in [1.165, 1.54) is 26.0 Å². The number of ether oxygens (including phenoxy) is 3. The van der Waals surface area contributed by atoms with Crippen LogP contribution in [0.15, 0.2) is 70.6 Å². The van der Waals surface area contributed by atoms with Gasteiger partial charge in [-0.25, -0.2) is 4.98 Å². The largest absolute Gasteiger partial charge is 0.497 e. The first kappa shape index (κ1) is 26.4. The lowest BCUT2D eigenvalue weighted by atomic mass is 10.1. The molecule has 4 aromatic rings. The molecule has 3 aromatic carbocycles. The molecule has 0 atom stereocenters. The van der Waals surface area contributed by atoms with Crippen LogP contribution in [0.5, 0.6) is 17.2 Å². The zero-order chi connectivity index (χ0) is 26.4. The van der Waals surface area contributed by atoms with E-state index in [0.717, 1.165) is 5.56 Å². The van der Waals surface area contributed by atoms with Crippen LogP contribution in [0.25, 0.3) is 10.9 Å². The molecular formula is C27H26ClN3O5S. The summed E-state index contributed by atoms with van der Waals surface area (Å²) in [5.74, 6) is 1.45. The number of nitrogens with zero attached hydrogens (tertiary/aromatic N) is 2. The van der Waals surface area contributed by atoms with Crippen molar-refractivity contribution in [2.75, 3.05) is 32.4 Å². The zero-order valence-corrected chi connectivity index (χ0v) is 22.2. The fourth-order valence-corrected chi connectivity index (χ4v) is 4.68. The molecule has 1 N–H and O–H groups in total. The van der Waals surface area contributed by atoms with Crippen LogP contribution >= 0.6 is 23.4 Å². The van der Waals surface area contributed by atoms with E-state index in [1.807, 2.05) is 24.3 Å². The van der Waals surface area contributed by atoms with Gasteiger partial charge in [-0.05, 0) is 54.4 Å². The van der Waals surface area contributed by atoms with E-state index in [9.17, 15) is 9.59 Å².